The maximum atomic E-state index is 11.6. The summed E-state index contributed by atoms with van der Waals surface area (Å²) in [4.78, 5) is 11.6. The van der Waals surface area contributed by atoms with Gasteiger partial charge in [0.2, 0.25) is 5.91 Å². The Morgan fingerprint density at radius 1 is 1.33 bits per heavy atom. The molecule has 2 nitrogen and oxygen atoms in total. The second kappa shape index (κ2) is 5.78. The van der Waals surface area contributed by atoms with Crippen LogP contribution in [0.3, 0.4) is 0 Å². The third-order valence-electron chi connectivity index (χ3n) is 2.66. The fraction of sp³-hybridized carbons (Fsp3) is 0.917. The quantitative estimate of drug-likeness (QED) is 0.751. The molecule has 0 radical (unpaired) electrons. The van der Waals surface area contributed by atoms with E-state index in [4.69, 9.17) is 0 Å². The van der Waals surface area contributed by atoms with E-state index in [9.17, 15) is 4.79 Å². The lowest BCUT2D eigenvalue weighted by molar-refractivity contribution is -0.124. The number of rotatable bonds is 4. The third-order valence-corrected chi connectivity index (χ3v) is 3.94. The number of hydrogen-bond acceptors (Lipinski definition) is 2. The maximum Gasteiger partial charge on any atom is 0.223 e. The molecule has 1 saturated carbocycles. The molecule has 15 heavy (non-hydrogen) atoms. The first-order valence-corrected chi connectivity index (χ1v) is 6.89. The highest BCUT2D eigenvalue weighted by Gasteiger charge is 2.22. The molecule has 88 valence electrons. The Morgan fingerprint density at radius 3 is 2.47 bits per heavy atom. The minimum Gasteiger partial charge on any atom is -0.355 e. The van der Waals surface area contributed by atoms with Crippen LogP contribution in [0.2, 0.25) is 0 Å². The SMILES string of the molecule is CC(C)(C)SCCNC(=O)C1CCCC1. The molecule has 1 aliphatic rings. The van der Waals surface area contributed by atoms with Crippen LogP contribution in [-0.2, 0) is 4.79 Å². The molecular weight excluding hydrogens is 206 g/mol. The maximum absolute atomic E-state index is 11.6. The first-order valence-electron chi connectivity index (χ1n) is 5.91. The lowest BCUT2D eigenvalue weighted by atomic mass is 10.1. The van der Waals surface area contributed by atoms with Crippen molar-refractivity contribution in [2.24, 2.45) is 5.92 Å². The number of hydrogen-bond donors (Lipinski definition) is 1. The highest BCUT2D eigenvalue weighted by molar-refractivity contribution is 8.00. The topological polar surface area (TPSA) is 29.1 Å². The molecule has 1 aliphatic carbocycles. The Labute approximate surface area is 97.6 Å². The van der Waals surface area contributed by atoms with Crippen LogP contribution in [0.5, 0.6) is 0 Å². The average molecular weight is 229 g/mol. The summed E-state index contributed by atoms with van der Waals surface area (Å²) in [6.45, 7) is 7.43. The van der Waals surface area contributed by atoms with Gasteiger partial charge in [0, 0.05) is 23.0 Å². The fourth-order valence-corrected chi connectivity index (χ4v) is 2.68. The van der Waals surface area contributed by atoms with Crippen molar-refractivity contribution in [1.82, 2.24) is 5.32 Å². The number of carbonyl (C=O) groups excluding carboxylic acids is 1. The van der Waals surface area contributed by atoms with Crippen LogP contribution in [0.1, 0.15) is 46.5 Å². The monoisotopic (exact) mass is 229 g/mol. The number of thioether (sulfide) groups is 1. The van der Waals surface area contributed by atoms with Gasteiger partial charge in [-0.05, 0) is 12.8 Å². The van der Waals surface area contributed by atoms with Gasteiger partial charge in [0.05, 0.1) is 0 Å². The van der Waals surface area contributed by atoms with Crippen LogP contribution in [0.15, 0.2) is 0 Å². The Kier molecular flexibility index (Phi) is 4.97. The summed E-state index contributed by atoms with van der Waals surface area (Å²) >= 11 is 1.90. The zero-order chi connectivity index (χ0) is 11.3. The van der Waals surface area contributed by atoms with Crippen LogP contribution in [0, 0.1) is 5.92 Å². The molecule has 0 unspecified atom stereocenters. The molecule has 0 aliphatic heterocycles. The molecule has 1 rings (SSSR count). The molecule has 3 heteroatoms. The normalized spacial score (nSPS) is 18.1. The molecule has 0 aromatic carbocycles. The Bertz CT molecular complexity index is 204. The van der Waals surface area contributed by atoms with Crippen LogP contribution < -0.4 is 5.32 Å². The smallest absolute Gasteiger partial charge is 0.223 e. The lowest BCUT2D eigenvalue weighted by Crippen LogP contribution is -2.31. The second-order valence-electron chi connectivity index (χ2n) is 5.23. The first kappa shape index (κ1) is 12.9. The summed E-state index contributed by atoms with van der Waals surface area (Å²) in [5.41, 5.74) is 0. The summed E-state index contributed by atoms with van der Waals surface area (Å²) in [5, 5.41) is 3.04. The van der Waals surface area contributed by atoms with Gasteiger partial charge in [-0.2, -0.15) is 11.8 Å². The van der Waals surface area contributed by atoms with Crippen molar-refractivity contribution in [2.45, 2.75) is 51.2 Å². The predicted octanol–water partition coefficient (Wildman–Crippen LogP) is 2.82. The predicted molar refractivity (Wildman–Crippen MR) is 67.2 cm³/mol. The number of nitrogens with one attached hydrogen (secondary N) is 1. The minimum absolute atomic E-state index is 0.280. The molecule has 1 fully saturated rings. The van der Waals surface area contributed by atoms with E-state index < -0.39 is 0 Å². The zero-order valence-electron chi connectivity index (χ0n) is 10.1. The summed E-state index contributed by atoms with van der Waals surface area (Å²) in [6.07, 6.45) is 4.65. The van der Waals surface area contributed by atoms with E-state index in [0.29, 0.717) is 10.7 Å². The molecule has 0 spiro atoms. The summed E-state index contributed by atoms with van der Waals surface area (Å²) < 4.78 is 0.304. The van der Waals surface area contributed by atoms with Crippen molar-refractivity contribution in [1.29, 1.82) is 0 Å². The minimum atomic E-state index is 0.280. The largest absolute Gasteiger partial charge is 0.355 e. The summed E-state index contributed by atoms with van der Waals surface area (Å²) in [6, 6.07) is 0. The lowest BCUT2D eigenvalue weighted by Gasteiger charge is -2.18. The highest BCUT2D eigenvalue weighted by Crippen LogP contribution is 2.25. The molecule has 1 amide bonds. The van der Waals surface area contributed by atoms with Crippen molar-refractivity contribution < 1.29 is 4.79 Å². The van der Waals surface area contributed by atoms with Gasteiger partial charge in [0.1, 0.15) is 0 Å². The van der Waals surface area contributed by atoms with Gasteiger partial charge in [-0.25, -0.2) is 0 Å². The van der Waals surface area contributed by atoms with Crippen molar-refractivity contribution in [3.8, 4) is 0 Å². The van der Waals surface area contributed by atoms with E-state index in [1.54, 1.807) is 0 Å². The van der Waals surface area contributed by atoms with Gasteiger partial charge in [0.25, 0.3) is 0 Å². The van der Waals surface area contributed by atoms with E-state index in [1.807, 2.05) is 11.8 Å². The standard InChI is InChI=1S/C12H23NOS/c1-12(2,3)15-9-8-13-11(14)10-6-4-5-7-10/h10H,4-9H2,1-3H3,(H,13,14). The summed E-state index contributed by atoms with van der Waals surface area (Å²) in [5.74, 6) is 1.61. The third kappa shape index (κ3) is 5.45. The zero-order valence-corrected chi connectivity index (χ0v) is 11.0. The Morgan fingerprint density at radius 2 is 1.93 bits per heavy atom. The van der Waals surface area contributed by atoms with E-state index in [1.165, 1.54) is 12.8 Å². The van der Waals surface area contributed by atoms with Crippen LogP contribution in [0.4, 0.5) is 0 Å². The van der Waals surface area contributed by atoms with Crippen molar-refractivity contribution in [3.63, 3.8) is 0 Å². The number of carbonyl (C=O) groups is 1. The van der Waals surface area contributed by atoms with Crippen LogP contribution in [0.25, 0.3) is 0 Å². The molecule has 0 saturated heterocycles. The van der Waals surface area contributed by atoms with Crippen molar-refractivity contribution in [3.05, 3.63) is 0 Å². The molecule has 1 N–H and O–H groups in total. The van der Waals surface area contributed by atoms with Gasteiger partial charge in [-0.3, -0.25) is 4.79 Å². The van der Waals surface area contributed by atoms with Crippen LogP contribution >= 0.6 is 11.8 Å². The van der Waals surface area contributed by atoms with Crippen molar-refractivity contribution in [2.75, 3.05) is 12.3 Å². The second-order valence-corrected chi connectivity index (χ2v) is 7.15. The molecule has 0 heterocycles. The fourth-order valence-electron chi connectivity index (χ4n) is 1.86. The van der Waals surface area contributed by atoms with Gasteiger partial charge >= 0.3 is 0 Å². The first-order chi connectivity index (χ1) is 6.99. The van der Waals surface area contributed by atoms with Crippen LogP contribution in [-0.4, -0.2) is 23.0 Å². The Balaban J connectivity index is 2.07. The van der Waals surface area contributed by atoms with E-state index >= 15 is 0 Å². The van der Waals surface area contributed by atoms with Gasteiger partial charge in [-0.15, -0.1) is 0 Å². The molecule has 0 bridgehead atoms. The van der Waals surface area contributed by atoms with Gasteiger partial charge in [-0.1, -0.05) is 33.6 Å². The van der Waals surface area contributed by atoms with E-state index in [2.05, 4.69) is 26.1 Å². The van der Waals surface area contributed by atoms with Gasteiger partial charge < -0.3 is 5.32 Å². The van der Waals surface area contributed by atoms with Gasteiger partial charge in [0.15, 0.2) is 0 Å². The average Bonchev–Trinajstić information content (AvgIpc) is 2.63. The molecule has 0 aromatic rings. The van der Waals surface area contributed by atoms with E-state index in [0.717, 1.165) is 25.1 Å². The van der Waals surface area contributed by atoms with Crippen molar-refractivity contribution >= 4 is 17.7 Å². The summed E-state index contributed by atoms with van der Waals surface area (Å²) in [7, 11) is 0. The molecular formula is C12H23NOS. The Hall–Kier alpha value is -0.180. The molecule has 0 atom stereocenters. The van der Waals surface area contributed by atoms with E-state index in [-0.39, 0.29) is 5.91 Å². The highest BCUT2D eigenvalue weighted by atomic mass is 32.2. The number of amides is 1. The molecule has 0 aromatic heterocycles.